The summed E-state index contributed by atoms with van der Waals surface area (Å²) in [6.45, 7) is 0. The van der Waals surface area contributed by atoms with E-state index < -0.39 is 4.92 Å². The Morgan fingerprint density at radius 3 is 2.50 bits per heavy atom. The SMILES string of the molecule is O=[N+]([O-])/C=C(\c1ccccc1)c1cccs1. The first-order chi connectivity index (χ1) is 7.77. The molecule has 0 saturated heterocycles. The molecule has 0 spiro atoms. The minimum Gasteiger partial charge on any atom is -0.259 e. The molecule has 0 aliphatic carbocycles. The predicted octanol–water partition coefficient (Wildman–Crippen LogP) is 3.41. The molecule has 1 aromatic heterocycles. The standard InChI is InChI=1S/C12H9NO2S/c14-13(15)9-11(12-7-4-8-16-12)10-5-2-1-3-6-10/h1-9H/b11-9+. The van der Waals surface area contributed by atoms with Crippen LogP contribution in [0.3, 0.4) is 0 Å². The van der Waals surface area contributed by atoms with Gasteiger partial charge in [0.25, 0.3) is 0 Å². The highest BCUT2D eigenvalue weighted by Crippen LogP contribution is 2.26. The van der Waals surface area contributed by atoms with E-state index in [0.717, 1.165) is 16.6 Å². The highest BCUT2D eigenvalue weighted by atomic mass is 32.1. The zero-order chi connectivity index (χ0) is 11.4. The van der Waals surface area contributed by atoms with Gasteiger partial charge in [0.05, 0.1) is 10.5 Å². The third kappa shape index (κ3) is 2.35. The van der Waals surface area contributed by atoms with E-state index in [0.29, 0.717) is 5.57 Å². The summed E-state index contributed by atoms with van der Waals surface area (Å²) in [5.74, 6) is 0. The molecule has 0 unspecified atom stereocenters. The van der Waals surface area contributed by atoms with Crippen LogP contribution in [-0.2, 0) is 0 Å². The van der Waals surface area contributed by atoms with E-state index in [4.69, 9.17) is 0 Å². The number of nitrogens with zero attached hydrogens (tertiary/aromatic N) is 1. The molecule has 0 amide bonds. The van der Waals surface area contributed by atoms with Gasteiger partial charge in [-0.25, -0.2) is 0 Å². The molecule has 0 bridgehead atoms. The average molecular weight is 231 g/mol. The van der Waals surface area contributed by atoms with Crippen molar-refractivity contribution in [2.24, 2.45) is 0 Å². The van der Waals surface area contributed by atoms with Gasteiger partial charge < -0.3 is 0 Å². The third-order valence-electron chi connectivity index (χ3n) is 2.11. The molecule has 3 nitrogen and oxygen atoms in total. The Labute approximate surface area is 96.8 Å². The quantitative estimate of drug-likeness (QED) is 0.600. The molecule has 0 aliphatic rings. The smallest absolute Gasteiger partial charge is 0.243 e. The van der Waals surface area contributed by atoms with E-state index in [2.05, 4.69) is 0 Å². The van der Waals surface area contributed by atoms with Gasteiger partial charge in [-0.15, -0.1) is 11.3 Å². The zero-order valence-electron chi connectivity index (χ0n) is 8.37. The second-order valence-corrected chi connectivity index (χ2v) is 4.12. The first-order valence-electron chi connectivity index (χ1n) is 4.72. The molecule has 2 aromatic rings. The van der Waals surface area contributed by atoms with Gasteiger partial charge in [0.15, 0.2) is 0 Å². The van der Waals surface area contributed by atoms with E-state index in [-0.39, 0.29) is 0 Å². The molecule has 0 saturated carbocycles. The number of rotatable bonds is 3. The summed E-state index contributed by atoms with van der Waals surface area (Å²) in [6, 6.07) is 13.1. The van der Waals surface area contributed by atoms with E-state index in [9.17, 15) is 10.1 Å². The lowest BCUT2D eigenvalue weighted by Gasteiger charge is -2.01. The molecule has 16 heavy (non-hydrogen) atoms. The van der Waals surface area contributed by atoms with E-state index in [1.165, 1.54) is 11.3 Å². The van der Waals surface area contributed by atoms with Gasteiger partial charge in [-0.1, -0.05) is 36.4 Å². The van der Waals surface area contributed by atoms with Crippen molar-refractivity contribution in [3.05, 3.63) is 74.6 Å². The van der Waals surface area contributed by atoms with Gasteiger partial charge in [0, 0.05) is 4.88 Å². The van der Waals surface area contributed by atoms with Crippen LogP contribution in [0.4, 0.5) is 0 Å². The molecule has 0 aliphatic heterocycles. The number of thiophene rings is 1. The number of nitro groups is 1. The van der Waals surface area contributed by atoms with Crippen molar-refractivity contribution < 1.29 is 4.92 Å². The normalized spacial score (nSPS) is 11.4. The molecule has 0 N–H and O–H groups in total. The Balaban J connectivity index is 2.49. The Morgan fingerprint density at radius 2 is 1.94 bits per heavy atom. The molecule has 0 fully saturated rings. The van der Waals surface area contributed by atoms with E-state index in [1.807, 2.05) is 47.8 Å². The molecule has 4 heteroatoms. The Hall–Kier alpha value is -1.94. The lowest BCUT2D eigenvalue weighted by molar-refractivity contribution is -0.401. The van der Waals surface area contributed by atoms with Crippen LogP contribution in [0.15, 0.2) is 54.0 Å². The van der Waals surface area contributed by atoms with Crippen LogP contribution in [0.25, 0.3) is 5.57 Å². The summed E-state index contributed by atoms with van der Waals surface area (Å²) >= 11 is 1.50. The minimum absolute atomic E-state index is 0.415. The molecular formula is C12H9NO2S. The maximum atomic E-state index is 10.6. The van der Waals surface area contributed by atoms with Crippen molar-refractivity contribution in [2.45, 2.75) is 0 Å². The van der Waals surface area contributed by atoms with E-state index >= 15 is 0 Å². The molecule has 1 aromatic carbocycles. The Morgan fingerprint density at radius 1 is 1.19 bits per heavy atom. The molecule has 80 valence electrons. The van der Waals surface area contributed by atoms with Gasteiger partial charge in [0.1, 0.15) is 0 Å². The van der Waals surface area contributed by atoms with Crippen LogP contribution >= 0.6 is 11.3 Å². The van der Waals surface area contributed by atoms with Gasteiger partial charge in [-0.3, -0.25) is 10.1 Å². The van der Waals surface area contributed by atoms with Crippen molar-refractivity contribution in [2.75, 3.05) is 0 Å². The van der Waals surface area contributed by atoms with Gasteiger partial charge in [0.2, 0.25) is 6.20 Å². The van der Waals surface area contributed by atoms with Crippen LogP contribution in [0, 0.1) is 10.1 Å². The summed E-state index contributed by atoms with van der Waals surface area (Å²) in [4.78, 5) is 11.1. The lowest BCUT2D eigenvalue weighted by Crippen LogP contribution is -1.91. The molecule has 0 radical (unpaired) electrons. The minimum atomic E-state index is -0.415. The third-order valence-corrected chi connectivity index (χ3v) is 3.01. The highest BCUT2D eigenvalue weighted by Gasteiger charge is 2.09. The molecule has 1 heterocycles. The van der Waals surface area contributed by atoms with Crippen LogP contribution in [0.5, 0.6) is 0 Å². The number of hydrogen-bond donors (Lipinski definition) is 0. The fourth-order valence-corrected chi connectivity index (χ4v) is 2.19. The summed E-state index contributed by atoms with van der Waals surface area (Å²) in [6.07, 6.45) is 1.06. The highest BCUT2D eigenvalue weighted by molar-refractivity contribution is 7.11. The largest absolute Gasteiger partial charge is 0.259 e. The van der Waals surface area contributed by atoms with Crippen molar-refractivity contribution >= 4 is 16.9 Å². The van der Waals surface area contributed by atoms with Gasteiger partial charge in [-0.05, 0) is 17.0 Å². The monoisotopic (exact) mass is 231 g/mol. The van der Waals surface area contributed by atoms with Crippen molar-refractivity contribution in [1.29, 1.82) is 0 Å². The van der Waals surface area contributed by atoms with Crippen LogP contribution in [0.2, 0.25) is 0 Å². The second kappa shape index (κ2) is 4.72. The fourth-order valence-electron chi connectivity index (χ4n) is 1.44. The van der Waals surface area contributed by atoms with Crippen LogP contribution < -0.4 is 0 Å². The fraction of sp³-hybridized carbons (Fsp3) is 0. The zero-order valence-corrected chi connectivity index (χ0v) is 9.18. The van der Waals surface area contributed by atoms with Gasteiger partial charge in [-0.2, -0.15) is 0 Å². The van der Waals surface area contributed by atoms with Crippen molar-refractivity contribution in [3.63, 3.8) is 0 Å². The second-order valence-electron chi connectivity index (χ2n) is 3.17. The Kier molecular flexibility index (Phi) is 3.12. The van der Waals surface area contributed by atoms with Gasteiger partial charge >= 0.3 is 0 Å². The number of hydrogen-bond acceptors (Lipinski definition) is 3. The van der Waals surface area contributed by atoms with E-state index in [1.54, 1.807) is 0 Å². The van der Waals surface area contributed by atoms with Crippen molar-refractivity contribution in [3.8, 4) is 0 Å². The topological polar surface area (TPSA) is 43.1 Å². The molecular weight excluding hydrogens is 222 g/mol. The summed E-state index contributed by atoms with van der Waals surface area (Å²) in [7, 11) is 0. The maximum absolute atomic E-state index is 10.6. The molecule has 2 rings (SSSR count). The van der Waals surface area contributed by atoms with Crippen molar-refractivity contribution in [1.82, 2.24) is 0 Å². The first kappa shape index (κ1) is 10.6. The average Bonchev–Trinajstić information content (AvgIpc) is 2.80. The van der Waals surface area contributed by atoms with Crippen LogP contribution in [-0.4, -0.2) is 4.92 Å². The van der Waals surface area contributed by atoms with Crippen LogP contribution in [0.1, 0.15) is 10.4 Å². The number of benzene rings is 1. The first-order valence-corrected chi connectivity index (χ1v) is 5.60. The Bertz CT molecular complexity index is 503. The summed E-state index contributed by atoms with van der Waals surface area (Å²) < 4.78 is 0. The summed E-state index contributed by atoms with van der Waals surface area (Å²) in [5, 5.41) is 12.5. The predicted molar refractivity (Wildman–Crippen MR) is 64.8 cm³/mol. The maximum Gasteiger partial charge on any atom is 0.243 e. The summed E-state index contributed by atoms with van der Waals surface area (Å²) in [5.41, 5.74) is 1.52. The molecule has 0 atom stereocenters. The lowest BCUT2D eigenvalue weighted by atomic mass is 10.1.